The standard InChI is InChI=1S/C16H20N4O/c1-18-8-2-3-15(18)13-19-9-11-20(12-10-19)16(21)14-4-6-17-7-5-14/h2-8H,9-13H2,1H3. The minimum Gasteiger partial charge on any atom is -0.353 e. The smallest absolute Gasteiger partial charge is 0.254 e. The minimum absolute atomic E-state index is 0.107. The fourth-order valence-corrected chi connectivity index (χ4v) is 2.68. The van der Waals surface area contributed by atoms with Gasteiger partial charge in [0.25, 0.3) is 5.91 Å². The Morgan fingerprint density at radius 1 is 1.14 bits per heavy atom. The summed E-state index contributed by atoms with van der Waals surface area (Å²) in [5, 5.41) is 0. The zero-order chi connectivity index (χ0) is 14.7. The van der Waals surface area contributed by atoms with Crippen molar-refractivity contribution in [3.63, 3.8) is 0 Å². The van der Waals surface area contributed by atoms with E-state index in [0.29, 0.717) is 0 Å². The van der Waals surface area contributed by atoms with E-state index in [1.54, 1.807) is 24.5 Å². The van der Waals surface area contributed by atoms with Gasteiger partial charge in [-0.05, 0) is 24.3 Å². The first-order valence-corrected chi connectivity index (χ1v) is 7.26. The number of carbonyl (C=O) groups excluding carboxylic acids is 1. The molecule has 0 aromatic carbocycles. The van der Waals surface area contributed by atoms with Crippen LogP contribution in [0.4, 0.5) is 0 Å². The number of rotatable bonds is 3. The number of carbonyl (C=O) groups is 1. The fourth-order valence-electron chi connectivity index (χ4n) is 2.68. The molecule has 0 bridgehead atoms. The zero-order valence-electron chi connectivity index (χ0n) is 12.3. The number of hydrogen-bond acceptors (Lipinski definition) is 3. The van der Waals surface area contributed by atoms with Crippen LogP contribution in [0.25, 0.3) is 0 Å². The molecule has 3 rings (SSSR count). The number of pyridine rings is 1. The SMILES string of the molecule is Cn1cccc1CN1CCN(C(=O)c2ccncc2)CC1. The van der Waals surface area contributed by atoms with Gasteiger partial charge in [-0.2, -0.15) is 0 Å². The predicted octanol–water partition coefficient (Wildman–Crippen LogP) is 1.38. The number of amides is 1. The van der Waals surface area contributed by atoms with Crippen LogP contribution in [0.3, 0.4) is 0 Å². The summed E-state index contributed by atoms with van der Waals surface area (Å²) in [5.74, 6) is 0.107. The van der Waals surface area contributed by atoms with Gasteiger partial charge in [0.15, 0.2) is 0 Å². The Bertz CT molecular complexity index is 600. The highest BCUT2D eigenvalue weighted by Gasteiger charge is 2.22. The molecule has 2 aromatic rings. The molecule has 1 aliphatic heterocycles. The molecule has 0 aliphatic carbocycles. The van der Waals surface area contributed by atoms with Crippen LogP contribution in [0.2, 0.25) is 0 Å². The molecule has 0 atom stereocenters. The molecule has 1 aliphatic rings. The van der Waals surface area contributed by atoms with E-state index < -0.39 is 0 Å². The van der Waals surface area contributed by atoms with Crippen molar-refractivity contribution >= 4 is 5.91 Å². The zero-order valence-corrected chi connectivity index (χ0v) is 12.3. The van der Waals surface area contributed by atoms with Crippen molar-refractivity contribution < 1.29 is 4.79 Å². The van der Waals surface area contributed by atoms with Crippen LogP contribution < -0.4 is 0 Å². The van der Waals surface area contributed by atoms with Gasteiger partial charge in [0.05, 0.1) is 0 Å². The number of aromatic nitrogens is 2. The van der Waals surface area contributed by atoms with Crippen LogP contribution in [0, 0.1) is 0 Å². The first-order valence-electron chi connectivity index (χ1n) is 7.26. The summed E-state index contributed by atoms with van der Waals surface area (Å²) in [6.45, 7) is 4.35. The molecule has 0 radical (unpaired) electrons. The molecule has 1 fully saturated rings. The molecular formula is C16H20N4O. The van der Waals surface area contributed by atoms with Crippen molar-refractivity contribution in [1.82, 2.24) is 19.4 Å². The Labute approximate surface area is 124 Å². The van der Waals surface area contributed by atoms with E-state index in [1.807, 2.05) is 4.90 Å². The van der Waals surface area contributed by atoms with E-state index in [1.165, 1.54) is 5.69 Å². The van der Waals surface area contributed by atoms with Crippen molar-refractivity contribution in [2.75, 3.05) is 26.2 Å². The highest BCUT2D eigenvalue weighted by atomic mass is 16.2. The first-order chi connectivity index (χ1) is 10.2. The minimum atomic E-state index is 0.107. The third-order valence-electron chi connectivity index (χ3n) is 4.02. The summed E-state index contributed by atoms with van der Waals surface area (Å²) in [6.07, 6.45) is 5.40. The number of piperazine rings is 1. The van der Waals surface area contributed by atoms with Crippen LogP contribution in [-0.2, 0) is 13.6 Å². The lowest BCUT2D eigenvalue weighted by Crippen LogP contribution is -2.48. The maximum absolute atomic E-state index is 12.4. The molecule has 5 heteroatoms. The molecule has 0 saturated carbocycles. The largest absolute Gasteiger partial charge is 0.353 e. The third kappa shape index (κ3) is 3.13. The quantitative estimate of drug-likeness (QED) is 0.855. The van der Waals surface area contributed by atoms with Gasteiger partial charge in [-0.3, -0.25) is 14.7 Å². The molecular weight excluding hydrogens is 264 g/mol. The van der Waals surface area contributed by atoms with Crippen LogP contribution >= 0.6 is 0 Å². The van der Waals surface area contributed by atoms with E-state index in [-0.39, 0.29) is 5.91 Å². The molecule has 0 N–H and O–H groups in total. The van der Waals surface area contributed by atoms with Crippen molar-refractivity contribution in [2.24, 2.45) is 7.05 Å². The van der Waals surface area contributed by atoms with Crippen LogP contribution in [0.15, 0.2) is 42.9 Å². The van der Waals surface area contributed by atoms with Crippen molar-refractivity contribution in [1.29, 1.82) is 0 Å². The molecule has 5 nitrogen and oxygen atoms in total. The van der Waals surface area contributed by atoms with Gasteiger partial charge < -0.3 is 9.47 Å². The summed E-state index contributed by atoms with van der Waals surface area (Å²) >= 11 is 0. The second-order valence-electron chi connectivity index (χ2n) is 5.41. The molecule has 2 aromatic heterocycles. The Hall–Kier alpha value is -2.14. The van der Waals surface area contributed by atoms with E-state index >= 15 is 0 Å². The molecule has 3 heterocycles. The van der Waals surface area contributed by atoms with Crippen molar-refractivity contribution in [3.8, 4) is 0 Å². The van der Waals surface area contributed by atoms with Gasteiger partial charge in [-0.15, -0.1) is 0 Å². The van der Waals surface area contributed by atoms with Gasteiger partial charge in [-0.1, -0.05) is 0 Å². The van der Waals surface area contributed by atoms with Gasteiger partial charge >= 0.3 is 0 Å². The molecule has 1 saturated heterocycles. The van der Waals surface area contributed by atoms with Crippen LogP contribution in [-0.4, -0.2) is 51.4 Å². The highest BCUT2D eigenvalue weighted by Crippen LogP contribution is 2.11. The Balaban J connectivity index is 1.56. The maximum atomic E-state index is 12.4. The highest BCUT2D eigenvalue weighted by molar-refractivity contribution is 5.94. The Morgan fingerprint density at radius 2 is 1.86 bits per heavy atom. The molecule has 1 amide bonds. The van der Waals surface area contributed by atoms with Gasteiger partial charge in [0, 0.05) is 69.6 Å². The molecule has 0 spiro atoms. The molecule has 21 heavy (non-hydrogen) atoms. The average molecular weight is 284 g/mol. The van der Waals surface area contributed by atoms with Crippen molar-refractivity contribution in [2.45, 2.75) is 6.54 Å². The summed E-state index contributed by atoms with van der Waals surface area (Å²) in [6, 6.07) is 7.77. The lowest BCUT2D eigenvalue weighted by Gasteiger charge is -2.34. The predicted molar refractivity (Wildman–Crippen MR) is 80.8 cm³/mol. The van der Waals surface area contributed by atoms with Crippen LogP contribution in [0.1, 0.15) is 16.1 Å². The van der Waals surface area contributed by atoms with E-state index in [9.17, 15) is 4.79 Å². The summed E-state index contributed by atoms with van der Waals surface area (Å²) < 4.78 is 2.15. The fraction of sp³-hybridized carbons (Fsp3) is 0.375. The Morgan fingerprint density at radius 3 is 2.48 bits per heavy atom. The van der Waals surface area contributed by atoms with Gasteiger partial charge in [0.1, 0.15) is 0 Å². The summed E-state index contributed by atoms with van der Waals surface area (Å²) in [7, 11) is 2.07. The first kappa shape index (κ1) is 13.8. The van der Waals surface area contributed by atoms with E-state index in [2.05, 4.69) is 39.8 Å². The molecule has 110 valence electrons. The summed E-state index contributed by atoms with van der Waals surface area (Å²) in [5.41, 5.74) is 2.03. The Kier molecular flexibility index (Phi) is 4.01. The number of aryl methyl sites for hydroxylation is 1. The summed E-state index contributed by atoms with van der Waals surface area (Å²) in [4.78, 5) is 20.6. The lowest BCUT2D eigenvalue weighted by atomic mass is 10.2. The van der Waals surface area contributed by atoms with Gasteiger partial charge in [-0.25, -0.2) is 0 Å². The maximum Gasteiger partial charge on any atom is 0.254 e. The normalized spacial score (nSPS) is 16.1. The topological polar surface area (TPSA) is 41.4 Å². The van der Waals surface area contributed by atoms with Gasteiger partial charge in [0.2, 0.25) is 0 Å². The number of hydrogen-bond donors (Lipinski definition) is 0. The lowest BCUT2D eigenvalue weighted by molar-refractivity contribution is 0.0626. The van der Waals surface area contributed by atoms with E-state index in [0.717, 1.165) is 38.3 Å². The number of nitrogens with zero attached hydrogens (tertiary/aromatic N) is 4. The molecule has 0 unspecified atom stereocenters. The second-order valence-corrected chi connectivity index (χ2v) is 5.41. The second kappa shape index (κ2) is 6.10. The van der Waals surface area contributed by atoms with Crippen LogP contribution in [0.5, 0.6) is 0 Å². The third-order valence-corrected chi connectivity index (χ3v) is 4.02. The monoisotopic (exact) mass is 284 g/mol. The van der Waals surface area contributed by atoms with E-state index in [4.69, 9.17) is 0 Å². The van der Waals surface area contributed by atoms with Crippen molar-refractivity contribution in [3.05, 3.63) is 54.1 Å². The average Bonchev–Trinajstić information content (AvgIpc) is 2.93.